The van der Waals surface area contributed by atoms with Gasteiger partial charge in [0.15, 0.2) is 0 Å². The third kappa shape index (κ3) is 2.99. The molecule has 0 saturated heterocycles. The Morgan fingerprint density at radius 2 is 1.84 bits per heavy atom. The first-order valence-electron chi connectivity index (χ1n) is 6.53. The summed E-state index contributed by atoms with van der Waals surface area (Å²) in [7, 11) is 1.92. The van der Waals surface area contributed by atoms with Crippen LogP contribution in [-0.2, 0) is 13.2 Å². The summed E-state index contributed by atoms with van der Waals surface area (Å²) >= 11 is 0. The van der Waals surface area contributed by atoms with Crippen LogP contribution in [0, 0.1) is 20.8 Å². The summed E-state index contributed by atoms with van der Waals surface area (Å²) in [5, 5.41) is 3.13. The smallest absolute Gasteiger partial charge is 0.146 e. The molecule has 102 valence electrons. The summed E-state index contributed by atoms with van der Waals surface area (Å²) in [5.41, 5.74) is 4.74. The van der Waals surface area contributed by atoms with Crippen molar-refractivity contribution in [1.29, 1.82) is 0 Å². The lowest BCUT2D eigenvalue weighted by Gasteiger charge is -2.13. The number of hydrogen-bond donors (Lipinski definition) is 1. The number of furan rings is 1. The molecule has 1 aromatic heterocycles. The Bertz CT molecular complexity index is 558. The topological polar surface area (TPSA) is 34.4 Å². The first kappa shape index (κ1) is 13.7. The molecule has 3 nitrogen and oxygen atoms in total. The van der Waals surface area contributed by atoms with E-state index in [4.69, 9.17) is 9.15 Å². The molecule has 19 heavy (non-hydrogen) atoms. The molecule has 0 aliphatic carbocycles. The van der Waals surface area contributed by atoms with Gasteiger partial charge in [0.2, 0.25) is 0 Å². The molecule has 2 aromatic rings. The fourth-order valence-electron chi connectivity index (χ4n) is 2.13. The van der Waals surface area contributed by atoms with Crippen molar-refractivity contribution < 1.29 is 9.15 Å². The van der Waals surface area contributed by atoms with Gasteiger partial charge < -0.3 is 14.5 Å². The largest absolute Gasteiger partial charge is 0.485 e. The van der Waals surface area contributed by atoms with Crippen molar-refractivity contribution >= 4 is 0 Å². The van der Waals surface area contributed by atoms with Gasteiger partial charge in [-0.2, -0.15) is 0 Å². The summed E-state index contributed by atoms with van der Waals surface area (Å²) in [6, 6.07) is 6.19. The highest BCUT2D eigenvalue weighted by molar-refractivity contribution is 5.44. The Balaban J connectivity index is 2.14. The maximum Gasteiger partial charge on any atom is 0.146 e. The normalized spacial score (nSPS) is 10.7. The minimum atomic E-state index is 0.467. The lowest BCUT2D eigenvalue weighted by Crippen LogP contribution is -2.08. The molecule has 0 aliphatic heterocycles. The van der Waals surface area contributed by atoms with Gasteiger partial charge in [-0.05, 0) is 50.6 Å². The van der Waals surface area contributed by atoms with E-state index < -0.39 is 0 Å². The van der Waals surface area contributed by atoms with Gasteiger partial charge in [-0.15, -0.1) is 0 Å². The van der Waals surface area contributed by atoms with E-state index in [0.29, 0.717) is 6.61 Å². The molecule has 0 spiro atoms. The SMILES string of the molecule is CNCc1ccoc1COc1c(C)ccc(C)c1C. The van der Waals surface area contributed by atoms with Crippen molar-refractivity contribution in [1.82, 2.24) is 5.32 Å². The summed E-state index contributed by atoms with van der Waals surface area (Å²) < 4.78 is 11.4. The van der Waals surface area contributed by atoms with E-state index in [1.807, 2.05) is 13.1 Å². The highest BCUT2D eigenvalue weighted by Crippen LogP contribution is 2.27. The van der Waals surface area contributed by atoms with E-state index in [-0.39, 0.29) is 0 Å². The molecular formula is C16H21NO2. The highest BCUT2D eigenvalue weighted by Gasteiger charge is 2.10. The molecule has 2 rings (SSSR count). The van der Waals surface area contributed by atoms with Crippen molar-refractivity contribution in [2.75, 3.05) is 7.05 Å². The maximum atomic E-state index is 5.96. The van der Waals surface area contributed by atoms with Gasteiger partial charge in [0.25, 0.3) is 0 Å². The van der Waals surface area contributed by atoms with Gasteiger partial charge in [0.05, 0.1) is 6.26 Å². The fraction of sp³-hybridized carbons (Fsp3) is 0.375. The van der Waals surface area contributed by atoms with Gasteiger partial charge in [0.1, 0.15) is 18.1 Å². The summed E-state index contributed by atoms with van der Waals surface area (Å²) in [6.45, 7) is 7.52. The molecule has 0 radical (unpaired) electrons. The molecule has 3 heteroatoms. The molecule has 0 saturated carbocycles. The van der Waals surface area contributed by atoms with Crippen LogP contribution >= 0.6 is 0 Å². The Labute approximate surface area is 114 Å². The second-order valence-electron chi connectivity index (χ2n) is 4.84. The average Bonchev–Trinajstić information content (AvgIpc) is 2.82. The van der Waals surface area contributed by atoms with Crippen LogP contribution in [0.25, 0.3) is 0 Å². The molecule has 0 amide bonds. The van der Waals surface area contributed by atoms with Crippen molar-refractivity contribution in [3.63, 3.8) is 0 Å². The van der Waals surface area contributed by atoms with Crippen LogP contribution < -0.4 is 10.1 Å². The van der Waals surface area contributed by atoms with Crippen LogP contribution in [0.3, 0.4) is 0 Å². The van der Waals surface area contributed by atoms with Crippen LogP contribution in [-0.4, -0.2) is 7.05 Å². The quantitative estimate of drug-likeness (QED) is 0.892. The number of nitrogens with one attached hydrogen (secondary N) is 1. The third-order valence-electron chi connectivity index (χ3n) is 3.43. The van der Waals surface area contributed by atoms with Crippen LogP contribution in [0.5, 0.6) is 5.75 Å². The molecule has 0 unspecified atom stereocenters. The third-order valence-corrected chi connectivity index (χ3v) is 3.43. The zero-order valence-electron chi connectivity index (χ0n) is 12.0. The fourth-order valence-corrected chi connectivity index (χ4v) is 2.13. The first-order valence-corrected chi connectivity index (χ1v) is 6.53. The number of ether oxygens (including phenoxy) is 1. The molecule has 0 bridgehead atoms. The lowest BCUT2D eigenvalue weighted by atomic mass is 10.1. The zero-order valence-corrected chi connectivity index (χ0v) is 12.0. The van der Waals surface area contributed by atoms with Gasteiger partial charge in [-0.3, -0.25) is 0 Å². The Kier molecular flexibility index (Phi) is 4.27. The lowest BCUT2D eigenvalue weighted by molar-refractivity contribution is 0.265. The van der Waals surface area contributed by atoms with Gasteiger partial charge >= 0.3 is 0 Å². The molecule has 0 fully saturated rings. The minimum absolute atomic E-state index is 0.467. The van der Waals surface area contributed by atoms with E-state index in [1.54, 1.807) is 6.26 Å². The maximum absolute atomic E-state index is 5.96. The second-order valence-corrected chi connectivity index (χ2v) is 4.84. The van der Waals surface area contributed by atoms with Crippen LogP contribution in [0.15, 0.2) is 28.9 Å². The Morgan fingerprint density at radius 1 is 1.11 bits per heavy atom. The number of benzene rings is 1. The first-order chi connectivity index (χ1) is 9.13. The molecular weight excluding hydrogens is 238 g/mol. The average molecular weight is 259 g/mol. The highest BCUT2D eigenvalue weighted by atomic mass is 16.5. The van der Waals surface area contributed by atoms with E-state index in [1.165, 1.54) is 11.1 Å². The molecule has 0 aliphatic rings. The van der Waals surface area contributed by atoms with E-state index in [2.05, 4.69) is 38.2 Å². The van der Waals surface area contributed by atoms with Crippen molar-refractivity contribution in [3.8, 4) is 5.75 Å². The van der Waals surface area contributed by atoms with Crippen molar-refractivity contribution in [2.24, 2.45) is 0 Å². The summed E-state index contributed by atoms with van der Waals surface area (Å²) in [5.74, 6) is 1.85. The van der Waals surface area contributed by atoms with Gasteiger partial charge in [-0.25, -0.2) is 0 Å². The van der Waals surface area contributed by atoms with Crippen molar-refractivity contribution in [3.05, 3.63) is 52.5 Å². The predicted molar refractivity (Wildman–Crippen MR) is 76.5 cm³/mol. The van der Waals surface area contributed by atoms with E-state index >= 15 is 0 Å². The zero-order chi connectivity index (χ0) is 13.8. The monoisotopic (exact) mass is 259 g/mol. The van der Waals surface area contributed by atoms with E-state index in [9.17, 15) is 0 Å². The Morgan fingerprint density at radius 3 is 2.58 bits per heavy atom. The van der Waals surface area contributed by atoms with Gasteiger partial charge in [0, 0.05) is 12.1 Å². The number of rotatable bonds is 5. The van der Waals surface area contributed by atoms with Crippen molar-refractivity contribution in [2.45, 2.75) is 33.9 Å². The molecule has 1 heterocycles. The Hall–Kier alpha value is -1.74. The number of hydrogen-bond acceptors (Lipinski definition) is 3. The minimum Gasteiger partial charge on any atom is -0.485 e. The summed E-state index contributed by atoms with van der Waals surface area (Å²) in [4.78, 5) is 0. The second kappa shape index (κ2) is 5.93. The predicted octanol–water partition coefficient (Wildman–Crippen LogP) is 3.50. The van der Waals surface area contributed by atoms with Crippen LogP contribution in [0.1, 0.15) is 28.0 Å². The molecule has 1 aromatic carbocycles. The molecule has 0 atom stereocenters. The standard InChI is InChI=1S/C16H21NO2/c1-11-5-6-12(2)16(13(11)3)19-10-15-14(9-17-4)7-8-18-15/h5-8,17H,9-10H2,1-4H3. The summed E-state index contributed by atoms with van der Waals surface area (Å²) in [6.07, 6.45) is 1.71. The van der Waals surface area contributed by atoms with Crippen LogP contribution in [0.2, 0.25) is 0 Å². The van der Waals surface area contributed by atoms with Crippen LogP contribution in [0.4, 0.5) is 0 Å². The van der Waals surface area contributed by atoms with Gasteiger partial charge in [-0.1, -0.05) is 12.1 Å². The molecule has 1 N–H and O–H groups in total. The number of aryl methyl sites for hydroxylation is 2. The van der Waals surface area contributed by atoms with E-state index in [0.717, 1.165) is 29.2 Å².